The van der Waals surface area contributed by atoms with E-state index >= 15 is 0 Å². The predicted molar refractivity (Wildman–Crippen MR) is 77.4 cm³/mol. The van der Waals surface area contributed by atoms with Gasteiger partial charge in [0.05, 0.1) is 17.7 Å². The molecule has 0 aliphatic rings. The first-order valence-corrected chi connectivity index (χ1v) is 6.80. The molecule has 4 nitrogen and oxygen atoms in total. The molecule has 0 saturated carbocycles. The molecular formula is C16H22O4. The summed E-state index contributed by atoms with van der Waals surface area (Å²) in [4.78, 5) is 23.5. The molecule has 0 heterocycles. The molecule has 1 aromatic rings. The molecule has 1 aromatic carbocycles. The Kier molecular flexibility index (Phi) is 4.93. The lowest BCUT2D eigenvalue weighted by Crippen LogP contribution is -2.20. The zero-order valence-electron chi connectivity index (χ0n) is 12.7. The topological polar surface area (TPSA) is 63.6 Å². The number of carboxylic acid groups (broad SMARTS) is 1. The summed E-state index contributed by atoms with van der Waals surface area (Å²) in [5, 5.41) is 9.48. The van der Waals surface area contributed by atoms with Gasteiger partial charge in [-0.25, -0.2) is 9.59 Å². The molecule has 0 spiro atoms. The molecule has 0 aliphatic carbocycles. The van der Waals surface area contributed by atoms with Crippen molar-refractivity contribution in [2.24, 2.45) is 0 Å². The standard InChI is InChI=1S/C16H22O4/c1-6-10-12(16(3,4)5)9-8-11(13(10)14(17)18)15(19)20-7-2/h8-9H,6-7H2,1-5H3,(H,17,18). The van der Waals surface area contributed by atoms with E-state index in [9.17, 15) is 14.7 Å². The molecule has 0 amide bonds. The lowest BCUT2D eigenvalue weighted by Gasteiger charge is -2.24. The first-order valence-electron chi connectivity index (χ1n) is 6.80. The van der Waals surface area contributed by atoms with Crippen LogP contribution in [0.25, 0.3) is 0 Å². The molecule has 0 fully saturated rings. The Morgan fingerprint density at radius 3 is 2.20 bits per heavy atom. The van der Waals surface area contributed by atoms with Gasteiger partial charge >= 0.3 is 11.9 Å². The van der Waals surface area contributed by atoms with E-state index in [2.05, 4.69) is 0 Å². The predicted octanol–water partition coefficient (Wildman–Crippen LogP) is 3.42. The molecule has 110 valence electrons. The Bertz CT molecular complexity index is 524. The van der Waals surface area contributed by atoms with Gasteiger partial charge in [0.25, 0.3) is 0 Å². The molecule has 1 N–H and O–H groups in total. The summed E-state index contributed by atoms with van der Waals surface area (Å²) < 4.78 is 4.94. The number of hydrogen-bond donors (Lipinski definition) is 1. The van der Waals surface area contributed by atoms with E-state index in [0.717, 1.165) is 5.56 Å². The summed E-state index contributed by atoms with van der Waals surface area (Å²) in [6.45, 7) is 9.89. The van der Waals surface area contributed by atoms with Crippen molar-refractivity contribution < 1.29 is 19.4 Å². The summed E-state index contributed by atoms with van der Waals surface area (Å²) in [6.07, 6.45) is 0.557. The van der Waals surface area contributed by atoms with Crippen molar-refractivity contribution in [1.29, 1.82) is 0 Å². The van der Waals surface area contributed by atoms with Crippen LogP contribution < -0.4 is 0 Å². The molecule has 0 aromatic heterocycles. The van der Waals surface area contributed by atoms with Crippen molar-refractivity contribution in [2.45, 2.75) is 46.5 Å². The maximum atomic E-state index is 11.9. The van der Waals surface area contributed by atoms with Gasteiger partial charge in [0.15, 0.2) is 0 Å². The second kappa shape index (κ2) is 6.07. The molecule has 0 bridgehead atoms. The van der Waals surface area contributed by atoms with Crippen LogP contribution in [0.4, 0.5) is 0 Å². The zero-order chi connectivity index (χ0) is 15.5. The highest BCUT2D eigenvalue weighted by atomic mass is 16.5. The van der Waals surface area contributed by atoms with E-state index in [4.69, 9.17) is 4.74 Å². The van der Waals surface area contributed by atoms with Crippen LogP contribution in [-0.4, -0.2) is 23.7 Å². The fourth-order valence-electron chi connectivity index (χ4n) is 2.34. The number of carboxylic acids is 1. The van der Waals surface area contributed by atoms with Crippen LogP contribution in [0.1, 0.15) is 66.5 Å². The van der Waals surface area contributed by atoms with Crippen LogP contribution >= 0.6 is 0 Å². The van der Waals surface area contributed by atoms with Crippen molar-refractivity contribution in [1.82, 2.24) is 0 Å². The Morgan fingerprint density at radius 2 is 1.80 bits per heavy atom. The molecule has 4 heteroatoms. The Labute approximate surface area is 119 Å². The van der Waals surface area contributed by atoms with Crippen LogP contribution in [0.15, 0.2) is 12.1 Å². The molecule has 0 unspecified atom stereocenters. The lowest BCUT2D eigenvalue weighted by atomic mass is 9.80. The third-order valence-corrected chi connectivity index (χ3v) is 3.18. The minimum absolute atomic E-state index is 0.0679. The highest BCUT2D eigenvalue weighted by Crippen LogP contribution is 2.30. The molecule has 1 rings (SSSR count). The van der Waals surface area contributed by atoms with Gasteiger partial charge in [-0.05, 0) is 36.0 Å². The molecule has 0 radical (unpaired) electrons. The summed E-state index contributed by atoms with van der Waals surface area (Å²) in [5.41, 5.74) is 1.67. The van der Waals surface area contributed by atoms with Gasteiger partial charge in [0.1, 0.15) is 0 Å². The number of hydrogen-bond acceptors (Lipinski definition) is 3. The summed E-state index contributed by atoms with van der Waals surface area (Å²) in [6, 6.07) is 3.39. The lowest BCUT2D eigenvalue weighted by molar-refractivity contribution is 0.0514. The number of ether oxygens (including phenoxy) is 1. The van der Waals surface area contributed by atoms with Gasteiger partial charge in [-0.1, -0.05) is 33.8 Å². The van der Waals surface area contributed by atoms with Gasteiger partial charge in [-0.3, -0.25) is 0 Å². The number of esters is 1. The fraction of sp³-hybridized carbons (Fsp3) is 0.500. The Morgan fingerprint density at radius 1 is 1.20 bits per heavy atom. The second-order valence-electron chi connectivity index (χ2n) is 5.64. The molecule has 0 aliphatic heterocycles. The van der Waals surface area contributed by atoms with E-state index < -0.39 is 11.9 Å². The van der Waals surface area contributed by atoms with Crippen molar-refractivity contribution in [2.75, 3.05) is 6.61 Å². The minimum Gasteiger partial charge on any atom is -0.478 e. The van der Waals surface area contributed by atoms with Crippen LogP contribution in [0.3, 0.4) is 0 Å². The largest absolute Gasteiger partial charge is 0.478 e. The molecule has 20 heavy (non-hydrogen) atoms. The highest BCUT2D eigenvalue weighted by Gasteiger charge is 2.27. The Balaban J connectivity index is 3.59. The first-order chi connectivity index (χ1) is 9.23. The normalized spacial score (nSPS) is 11.2. The smallest absolute Gasteiger partial charge is 0.339 e. The SMILES string of the molecule is CCOC(=O)c1ccc(C(C)(C)C)c(CC)c1C(=O)O. The maximum Gasteiger partial charge on any atom is 0.339 e. The van der Waals surface area contributed by atoms with Gasteiger partial charge in [-0.2, -0.15) is 0 Å². The fourth-order valence-corrected chi connectivity index (χ4v) is 2.34. The summed E-state index contributed by atoms with van der Waals surface area (Å²) >= 11 is 0. The third kappa shape index (κ3) is 3.18. The van der Waals surface area contributed by atoms with Crippen LogP contribution in [-0.2, 0) is 16.6 Å². The Hall–Kier alpha value is -1.84. The number of benzene rings is 1. The molecule has 0 saturated heterocycles. The number of aromatic carboxylic acids is 1. The van der Waals surface area contributed by atoms with Gasteiger partial charge in [0.2, 0.25) is 0 Å². The van der Waals surface area contributed by atoms with E-state index in [0.29, 0.717) is 12.0 Å². The number of carbonyl (C=O) groups excluding carboxylic acids is 1. The third-order valence-electron chi connectivity index (χ3n) is 3.18. The number of rotatable bonds is 4. The van der Waals surface area contributed by atoms with E-state index in [1.807, 2.05) is 33.8 Å². The monoisotopic (exact) mass is 278 g/mol. The van der Waals surface area contributed by atoms with E-state index in [1.165, 1.54) is 0 Å². The average molecular weight is 278 g/mol. The van der Waals surface area contributed by atoms with Crippen molar-refractivity contribution in [3.05, 3.63) is 34.4 Å². The van der Waals surface area contributed by atoms with Crippen molar-refractivity contribution in [3.8, 4) is 0 Å². The van der Waals surface area contributed by atoms with Gasteiger partial charge in [-0.15, -0.1) is 0 Å². The van der Waals surface area contributed by atoms with Crippen molar-refractivity contribution >= 4 is 11.9 Å². The van der Waals surface area contributed by atoms with Crippen molar-refractivity contribution in [3.63, 3.8) is 0 Å². The van der Waals surface area contributed by atoms with E-state index in [-0.39, 0.29) is 23.1 Å². The first kappa shape index (κ1) is 16.2. The van der Waals surface area contributed by atoms with Gasteiger partial charge in [0, 0.05) is 0 Å². The summed E-state index contributed by atoms with van der Waals surface area (Å²) in [5.74, 6) is -1.67. The summed E-state index contributed by atoms with van der Waals surface area (Å²) in [7, 11) is 0. The van der Waals surface area contributed by atoms with Gasteiger partial charge < -0.3 is 9.84 Å². The zero-order valence-corrected chi connectivity index (χ0v) is 12.7. The minimum atomic E-state index is -1.09. The number of carbonyl (C=O) groups is 2. The van der Waals surface area contributed by atoms with Crippen LogP contribution in [0, 0.1) is 0 Å². The maximum absolute atomic E-state index is 11.9. The molecular weight excluding hydrogens is 256 g/mol. The van der Waals surface area contributed by atoms with E-state index in [1.54, 1.807) is 13.0 Å². The highest BCUT2D eigenvalue weighted by molar-refractivity contribution is 6.03. The van der Waals surface area contributed by atoms with Crippen LogP contribution in [0.2, 0.25) is 0 Å². The average Bonchev–Trinajstić information content (AvgIpc) is 2.35. The molecule has 0 atom stereocenters. The van der Waals surface area contributed by atoms with Crippen LogP contribution in [0.5, 0.6) is 0 Å². The second-order valence-corrected chi connectivity index (χ2v) is 5.64. The quantitative estimate of drug-likeness (QED) is 0.857.